The van der Waals surface area contributed by atoms with Crippen LogP contribution in [-0.4, -0.2) is 15.0 Å². The minimum absolute atomic E-state index is 0.656. The van der Waals surface area contributed by atoms with Gasteiger partial charge < -0.3 is 0 Å². The van der Waals surface area contributed by atoms with Gasteiger partial charge in [-0.05, 0) is 72.8 Å². The summed E-state index contributed by atoms with van der Waals surface area (Å²) in [5, 5.41) is 9.69. The van der Waals surface area contributed by atoms with Crippen molar-refractivity contribution in [1.82, 2.24) is 15.0 Å². The fraction of sp³-hybridized carbons (Fsp3) is 0. The molecule has 0 bridgehead atoms. The van der Waals surface area contributed by atoms with Crippen LogP contribution in [0.1, 0.15) is 0 Å². The second-order valence-electron chi connectivity index (χ2n) is 14.0. The van der Waals surface area contributed by atoms with Gasteiger partial charge in [0.05, 0.1) is 0 Å². The van der Waals surface area contributed by atoms with Gasteiger partial charge in [0.2, 0.25) is 0 Å². The van der Waals surface area contributed by atoms with E-state index in [1.54, 1.807) is 0 Å². The van der Waals surface area contributed by atoms with Gasteiger partial charge >= 0.3 is 0 Å². The molecule has 2 heterocycles. The summed E-state index contributed by atoms with van der Waals surface area (Å²) in [5.74, 6) is 1.98. The van der Waals surface area contributed by atoms with Crippen molar-refractivity contribution in [3.05, 3.63) is 188 Å². The molecule has 9 aromatic carbocycles. The number of benzene rings is 9. The molecule has 0 aliphatic heterocycles. The lowest BCUT2D eigenvalue weighted by atomic mass is 9.96. The number of aromatic nitrogens is 3. The molecule has 11 aromatic rings. The first-order valence-corrected chi connectivity index (χ1v) is 19.3. The standard InChI is InChI=1S/C51H31N3S/c1-2-13-36(14-3-1)49-52-50(40-28-24-33-12-5-7-16-38(33)30-40)54-51(53-49)45-31-46-47(43-18-9-8-17-42(43)45)44-20-10-19-41(48(44)55-46)35-25-21-34(22-26-35)39-27-23-32-11-4-6-15-37(32)29-39/h1-31H. The molecule has 0 N–H and O–H groups in total. The second-order valence-corrected chi connectivity index (χ2v) is 15.1. The molecular weight excluding hydrogens is 687 g/mol. The number of fused-ring (bicyclic) bond motifs is 7. The molecule has 0 amide bonds. The van der Waals surface area contributed by atoms with Crippen molar-refractivity contribution in [3.63, 3.8) is 0 Å². The Morgan fingerprint density at radius 3 is 1.60 bits per heavy atom. The number of thiophene rings is 1. The summed E-state index contributed by atoms with van der Waals surface area (Å²) in [6, 6.07) is 67.0. The lowest BCUT2D eigenvalue weighted by Gasteiger charge is -2.12. The Bertz CT molecular complexity index is 3260. The molecular formula is C51H31N3S. The summed E-state index contributed by atoms with van der Waals surface area (Å²) in [7, 11) is 0. The molecule has 0 atom stereocenters. The van der Waals surface area contributed by atoms with E-state index in [0.29, 0.717) is 17.5 Å². The second kappa shape index (κ2) is 12.8. The van der Waals surface area contributed by atoms with Gasteiger partial charge in [0.25, 0.3) is 0 Å². The number of rotatable bonds is 5. The predicted octanol–water partition coefficient (Wildman–Crippen LogP) is 14.0. The highest BCUT2D eigenvalue weighted by atomic mass is 32.1. The van der Waals surface area contributed by atoms with Crippen molar-refractivity contribution in [2.75, 3.05) is 0 Å². The summed E-state index contributed by atoms with van der Waals surface area (Å²) in [4.78, 5) is 15.4. The van der Waals surface area contributed by atoms with Crippen molar-refractivity contribution < 1.29 is 0 Å². The molecule has 3 nitrogen and oxygen atoms in total. The highest BCUT2D eigenvalue weighted by Gasteiger charge is 2.19. The number of nitrogens with zero attached hydrogens (tertiary/aromatic N) is 3. The minimum Gasteiger partial charge on any atom is -0.208 e. The third-order valence-electron chi connectivity index (χ3n) is 10.7. The molecule has 0 unspecified atom stereocenters. The third kappa shape index (κ3) is 5.46. The van der Waals surface area contributed by atoms with Crippen LogP contribution in [-0.2, 0) is 0 Å². The SMILES string of the molecule is c1ccc(-c2nc(-c3ccc4ccccc4c3)nc(-c3cc4sc5c(-c6ccc(-c7ccc8ccccc8c7)cc6)cccc5c4c4ccccc34)n2)cc1. The summed E-state index contributed by atoms with van der Waals surface area (Å²) in [6.45, 7) is 0. The van der Waals surface area contributed by atoms with Gasteiger partial charge in [-0.1, -0.05) is 170 Å². The highest BCUT2D eigenvalue weighted by Crippen LogP contribution is 2.45. The van der Waals surface area contributed by atoms with Crippen LogP contribution < -0.4 is 0 Å². The van der Waals surface area contributed by atoms with Crippen molar-refractivity contribution in [2.24, 2.45) is 0 Å². The zero-order valence-electron chi connectivity index (χ0n) is 29.6. The molecule has 0 saturated heterocycles. The first-order valence-electron chi connectivity index (χ1n) is 18.5. The lowest BCUT2D eigenvalue weighted by molar-refractivity contribution is 1.08. The molecule has 55 heavy (non-hydrogen) atoms. The average Bonchev–Trinajstić information content (AvgIpc) is 3.65. The first-order chi connectivity index (χ1) is 27.2. The fourth-order valence-electron chi connectivity index (χ4n) is 7.96. The zero-order chi connectivity index (χ0) is 36.3. The number of hydrogen-bond acceptors (Lipinski definition) is 4. The molecule has 0 saturated carbocycles. The molecule has 0 aliphatic rings. The summed E-state index contributed by atoms with van der Waals surface area (Å²) >= 11 is 1.84. The molecule has 0 aliphatic carbocycles. The van der Waals surface area contributed by atoms with Gasteiger partial charge in [-0.3, -0.25) is 0 Å². The Morgan fingerprint density at radius 2 is 0.855 bits per heavy atom. The predicted molar refractivity (Wildman–Crippen MR) is 232 cm³/mol. The Balaban J connectivity index is 1.07. The average molecular weight is 718 g/mol. The van der Waals surface area contributed by atoms with Gasteiger partial charge in [-0.25, -0.2) is 15.0 Å². The zero-order valence-corrected chi connectivity index (χ0v) is 30.5. The monoisotopic (exact) mass is 717 g/mol. The van der Waals surface area contributed by atoms with Crippen LogP contribution in [0.4, 0.5) is 0 Å². The van der Waals surface area contributed by atoms with E-state index in [1.165, 1.54) is 64.0 Å². The Hall–Kier alpha value is -7.01. The van der Waals surface area contributed by atoms with E-state index >= 15 is 0 Å². The van der Waals surface area contributed by atoms with E-state index in [9.17, 15) is 0 Å². The van der Waals surface area contributed by atoms with Crippen LogP contribution >= 0.6 is 11.3 Å². The summed E-state index contributed by atoms with van der Waals surface area (Å²) in [6.07, 6.45) is 0. The van der Waals surface area contributed by atoms with Gasteiger partial charge in [0.15, 0.2) is 17.5 Å². The summed E-state index contributed by atoms with van der Waals surface area (Å²) in [5.41, 5.74) is 7.79. The highest BCUT2D eigenvalue weighted by molar-refractivity contribution is 7.26. The lowest BCUT2D eigenvalue weighted by Crippen LogP contribution is -2.00. The van der Waals surface area contributed by atoms with Crippen LogP contribution in [0.25, 0.3) is 109 Å². The van der Waals surface area contributed by atoms with Crippen LogP contribution in [0, 0.1) is 0 Å². The van der Waals surface area contributed by atoms with Crippen LogP contribution in [0.5, 0.6) is 0 Å². The largest absolute Gasteiger partial charge is 0.208 e. The van der Waals surface area contributed by atoms with Gasteiger partial charge in [-0.2, -0.15) is 0 Å². The van der Waals surface area contributed by atoms with E-state index in [0.717, 1.165) is 27.5 Å². The number of hydrogen-bond donors (Lipinski definition) is 0. The topological polar surface area (TPSA) is 38.7 Å². The molecule has 0 radical (unpaired) electrons. The quantitative estimate of drug-likeness (QED) is 0.178. The van der Waals surface area contributed by atoms with E-state index in [2.05, 4.69) is 170 Å². The Morgan fingerprint density at radius 1 is 0.309 bits per heavy atom. The maximum absolute atomic E-state index is 5.21. The molecule has 256 valence electrons. The van der Waals surface area contributed by atoms with Crippen LogP contribution in [0.2, 0.25) is 0 Å². The van der Waals surface area contributed by atoms with Crippen molar-refractivity contribution in [1.29, 1.82) is 0 Å². The maximum atomic E-state index is 5.21. The fourth-order valence-corrected chi connectivity index (χ4v) is 9.25. The third-order valence-corrected chi connectivity index (χ3v) is 11.9. The summed E-state index contributed by atoms with van der Waals surface area (Å²) < 4.78 is 2.48. The maximum Gasteiger partial charge on any atom is 0.164 e. The van der Waals surface area contributed by atoms with Gasteiger partial charge in [0.1, 0.15) is 0 Å². The molecule has 4 heteroatoms. The van der Waals surface area contributed by atoms with Crippen LogP contribution in [0.15, 0.2) is 188 Å². The molecule has 11 rings (SSSR count). The molecule has 0 fully saturated rings. The van der Waals surface area contributed by atoms with E-state index in [-0.39, 0.29) is 0 Å². The Labute approximate surface area is 321 Å². The van der Waals surface area contributed by atoms with Crippen LogP contribution in [0.3, 0.4) is 0 Å². The normalized spacial score (nSPS) is 11.6. The van der Waals surface area contributed by atoms with Crippen molar-refractivity contribution in [2.45, 2.75) is 0 Å². The first kappa shape index (κ1) is 31.5. The minimum atomic E-state index is 0.656. The Kier molecular flexibility index (Phi) is 7.35. The molecule has 0 spiro atoms. The van der Waals surface area contributed by atoms with Crippen molar-refractivity contribution in [3.8, 4) is 56.4 Å². The van der Waals surface area contributed by atoms with E-state index < -0.39 is 0 Å². The van der Waals surface area contributed by atoms with Gasteiger partial charge in [-0.15, -0.1) is 11.3 Å². The van der Waals surface area contributed by atoms with E-state index in [1.807, 2.05) is 29.5 Å². The van der Waals surface area contributed by atoms with Gasteiger partial charge in [0, 0.05) is 36.9 Å². The molecule has 2 aromatic heterocycles. The van der Waals surface area contributed by atoms with Crippen molar-refractivity contribution >= 4 is 63.8 Å². The van der Waals surface area contributed by atoms with E-state index in [4.69, 9.17) is 15.0 Å². The smallest absolute Gasteiger partial charge is 0.164 e.